The molecule has 1 atom stereocenters. The quantitative estimate of drug-likeness (QED) is 0.868. The van der Waals surface area contributed by atoms with Gasteiger partial charge in [0.2, 0.25) is 0 Å². The molecule has 1 aromatic rings. The number of pyridine rings is 1. The number of hydrogen-bond acceptors (Lipinski definition) is 3. The molecule has 20 heavy (non-hydrogen) atoms. The summed E-state index contributed by atoms with van der Waals surface area (Å²) in [6.45, 7) is 13.2. The van der Waals surface area contributed by atoms with Crippen LogP contribution in [-0.4, -0.2) is 23.5 Å². The number of nitrogens with one attached hydrogen (secondary N) is 2. The minimum Gasteiger partial charge on any atom is -0.370 e. The van der Waals surface area contributed by atoms with Crippen molar-refractivity contribution in [1.29, 1.82) is 0 Å². The summed E-state index contributed by atoms with van der Waals surface area (Å²) < 4.78 is 0. The molecule has 2 N–H and O–H groups in total. The Labute approximate surface area is 122 Å². The van der Waals surface area contributed by atoms with E-state index in [4.69, 9.17) is 0 Å². The van der Waals surface area contributed by atoms with Crippen LogP contribution in [-0.2, 0) is 5.41 Å². The monoisotopic (exact) mass is 277 g/mol. The van der Waals surface area contributed by atoms with E-state index in [9.17, 15) is 4.79 Å². The number of rotatable bonds is 5. The Morgan fingerprint density at radius 2 is 1.95 bits per heavy atom. The molecule has 1 rings (SSSR count). The molecule has 4 heteroatoms. The molecule has 112 valence electrons. The Morgan fingerprint density at radius 3 is 2.45 bits per heavy atom. The van der Waals surface area contributed by atoms with E-state index in [1.165, 1.54) is 0 Å². The number of anilines is 1. The summed E-state index contributed by atoms with van der Waals surface area (Å²) in [4.78, 5) is 16.9. The van der Waals surface area contributed by atoms with Gasteiger partial charge in [-0.1, -0.05) is 27.7 Å². The van der Waals surface area contributed by atoms with Crippen LogP contribution in [0.5, 0.6) is 0 Å². The minimum absolute atomic E-state index is 0.0357. The minimum atomic E-state index is -0.0865. The SMILES string of the molecule is CCNc1cc(C(=O)NC(C)CC)cc(C(C)(C)C)n1. The van der Waals surface area contributed by atoms with Crippen molar-refractivity contribution in [1.82, 2.24) is 10.3 Å². The predicted molar refractivity (Wildman–Crippen MR) is 84.3 cm³/mol. The molecule has 0 radical (unpaired) electrons. The van der Waals surface area contributed by atoms with E-state index in [1.807, 2.05) is 26.0 Å². The van der Waals surface area contributed by atoms with Crippen LogP contribution in [0.4, 0.5) is 5.82 Å². The Kier molecular flexibility index (Phi) is 5.54. The van der Waals surface area contributed by atoms with Crippen LogP contribution in [0.1, 0.15) is 64.0 Å². The van der Waals surface area contributed by atoms with Crippen molar-refractivity contribution < 1.29 is 4.79 Å². The summed E-state index contributed by atoms with van der Waals surface area (Å²) in [5, 5.41) is 6.19. The molecule has 1 heterocycles. The summed E-state index contributed by atoms with van der Waals surface area (Å²) >= 11 is 0. The molecule has 0 aromatic carbocycles. The normalized spacial score (nSPS) is 12.9. The summed E-state index contributed by atoms with van der Waals surface area (Å²) in [5.41, 5.74) is 1.50. The van der Waals surface area contributed by atoms with Gasteiger partial charge in [0.15, 0.2) is 0 Å². The fourth-order valence-corrected chi connectivity index (χ4v) is 1.73. The van der Waals surface area contributed by atoms with E-state index in [0.717, 1.165) is 24.5 Å². The molecule has 1 amide bonds. The third-order valence-corrected chi connectivity index (χ3v) is 3.20. The van der Waals surface area contributed by atoms with Crippen molar-refractivity contribution in [3.8, 4) is 0 Å². The topological polar surface area (TPSA) is 54.0 Å². The van der Waals surface area contributed by atoms with E-state index in [0.29, 0.717) is 5.56 Å². The maximum atomic E-state index is 12.3. The van der Waals surface area contributed by atoms with Gasteiger partial charge in [-0.3, -0.25) is 4.79 Å². The first-order chi connectivity index (χ1) is 9.27. The van der Waals surface area contributed by atoms with E-state index in [-0.39, 0.29) is 17.4 Å². The number of nitrogens with zero attached hydrogens (tertiary/aromatic N) is 1. The average Bonchev–Trinajstić information content (AvgIpc) is 2.37. The van der Waals surface area contributed by atoms with Crippen LogP contribution in [0.25, 0.3) is 0 Å². The Bertz CT molecular complexity index is 463. The molecule has 1 aromatic heterocycles. The van der Waals surface area contributed by atoms with Crippen LogP contribution in [0.3, 0.4) is 0 Å². The zero-order valence-electron chi connectivity index (χ0n) is 13.5. The first kappa shape index (κ1) is 16.5. The smallest absolute Gasteiger partial charge is 0.251 e. The van der Waals surface area contributed by atoms with Crippen LogP contribution in [0.2, 0.25) is 0 Å². The highest BCUT2D eigenvalue weighted by molar-refractivity contribution is 5.95. The van der Waals surface area contributed by atoms with Gasteiger partial charge in [0.05, 0.1) is 0 Å². The highest BCUT2D eigenvalue weighted by atomic mass is 16.1. The predicted octanol–water partition coefficient (Wildman–Crippen LogP) is 3.34. The van der Waals surface area contributed by atoms with E-state index < -0.39 is 0 Å². The summed E-state index contributed by atoms with van der Waals surface area (Å²) in [6.07, 6.45) is 0.920. The Hall–Kier alpha value is -1.58. The molecule has 0 aliphatic rings. The largest absolute Gasteiger partial charge is 0.370 e. The van der Waals surface area contributed by atoms with Gasteiger partial charge in [-0.15, -0.1) is 0 Å². The first-order valence-electron chi connectivity index (χ1n) is 7.35. The lowest BCUT2D eigenvalue weighted by Gasteiger charge is -2.20. The standard InChI is InChI=1S/C16H27N3O/c1-7-11(3)18-15(20)12-9-13(16(4,5)6)19-14(10-12)17-8-2/h9-11H,7-8H2,1-6H3,(H,17,19)(H,18,20). The number of amides is 1. The third kappa shape index (κ3) is 4.51. The number of carbonyl (C=O) groups is 1. The van der Waals surface area contributed by atoms with Crippen molar-refractivity contribution in [2.24, 2.45) is 0 Å². The summed E-state index contributed by atoms with van der Waals surface area (Å²) in [6, 6.07) is 3.88. The maximum Gasteiger partial charge on any atom is 0.251 e. The van der Waals surface area contributed by atoms with Gasteiger partial charge >= 0.3 is 0 Å². The fourth-order valence-electron chi connectivity index (χ4n) is 1.73. The van der Waals surface area contributed by atoms with Crippen LogP contribution >= 0.6 is 0 Å². The van der Waals surface area contributed by atoms with Gasteiger partial charge in [0.1, 0.15) is 5.82 Å². The van der Waals surface area contributed by atoms with Crippen molar-refractivity contribution in [2.45, 2.75) is 59.4 Å². The molecule has 1 unspecified atom stereocenters. The third-order valence-electron chi connectivity index (χ3n) is 3.20. The Morgan fingerprint density at radius 1 is 1.30 bits per heavy atom. The van der Waals surface area contributed by atoms with Gasteiger partial charge in [0.25, 0.3) is 5.91 Å². The summed E-state index contributed by atoms with van der Waals surface area (Å²) in [7, 11) is 0. The molecule has 0 bridgehead atoms. The van der Waals surface area contributed by atoms with Crippen molar-refractivity contribution in [3.63, 3.8) is 0 Å². The van der Waals surface area contributed by atoms with Crippen LogP contribution < -0.4 is 10.6 Å². The fraction of sp³-hybridized carbons (Fsp3) is 0.625. The van der Waals surface area contributed by atoms with Gasteiger partial charge in [-0.25, -0.2) is 4.98 Å². The van der Waals surface area contributed by atoms with Gasteiger partial charge in [0, 0.05) is 29.3 Å². The van der Waals surface area contributed by atoms with Crippen LogP contribution in [0.15, 0.2) is 12.1 Å². The lowest BCUT2D eigenvalue weighted by Crippen LogP contribution is -2.32. The number of carbonyl (C=O) groups excluding carboxylic acids is 1. The molecular formula is C16H27N3O. The second-order valence-electron chi connectivity index (χ2n) is 6.19. The van der Waals surface area contributed by atoms with E-state index in [1.54, 1.807) is 0 Å². The van der Waals surface area contributed by atoms with Crippen LogP contribution in [0, 0.1) is 0 Å². The van der Waals surface area contributed by atoms with Gasteiger partial charge < -0.3 is 10.6 Å². The molecule has 4 nitrogen and oxygen atoms in total. The molecule has 0 saturated heterocycles. The molecule has 0 fully saturated rings. The highest BCUT2D eigenvalue weighted by Crippen LogP contribution is 2.23. The molecular weight excluding hydrogens is 250 g/mol. The van der Waals surface area contributed by atoms with Gasteiger partial charge in [-0.05, 0) is 32.4 Å². The van der Waals surface area contributed by atoms with E-state index in [2.05, 4.69) is 43.3 Å². The highest BCUT2D eigenvalue weighted by Gasteiger charge is 2.19. The zero-order valence-corrected chi connectivity index (χ0v) is 13.5. The van der Waals surface area contributed by atoms with E-state index >= 15 is 0 Å². The first-order valence-corrected chi connectivity index (χ1v) is 7.35. The molecule has 0 spiro atoms. The van der Waals surface area contributed by atoms with Crippen molar-refractivity contribution in [2.75, 3.05) is 11.9 Å². The summed E-state index contributed by atoms with van der Waals surface area (Å²) in [5.74, 6) is 0.723. The van der Waals surface area contributed by atoms with Crippen molar-refractivity contribution in [3.05, 3.63) is 23.4 Å². The molecule has 0 aliphatic carbocycles. The second-order valence-corrected chi connectivity index (χ2v) is 6.19. The molecule has 0 saturated carbocycles. The lowest BCUT2D eigenvalue weighted by molar-refractivity contribution is 0.0939. The second kappa shape index (κ2) is 6.73. The molecule has 0 aliphatic heterocycles. The Balaban J connectivity index is 3.11. The average molecular weight is 277 g/mol. The zero-order chi connectivity index (χ0) is 15.3. The van der Waals surface area contributed by atoms with Gasteiger partial charge in [-0.2, -0.15) is 0 Å². The maximum absolute atomic E-state index is 12.3. The number of aromatic nitrogens is 1. The lowest BCUT2D eigenvalue weighted by atomic mass is 9.90. The van der Waals surface area contributed by atoms with Crippen molar-refractivity contribution >= 4 is 11.7 Å². The number of hydrogen-bond donors (Lipinski definition) is 2.